The summed E-state index contributed by atoms with van der Waals surface area (Å²) in [6.07, 6.45) is 1.14. The summed E-state index contributed by atoms with van der Waals surface area (Å²) in [5.41, 5.74) is 9.87. The van der Waals surface area contributed by atoms with Crippen LogP contribution in [0.1, 0.15) is 18.1 Å². The summed E-state index contributed by atoms with van der Waals surface area (Å²) in [6.45, 7) is 2.16. The minimum Gasteiger partial charge on any atom is -0.384 e. The number of rotatable bonds is 3. The van der Waals surface area contributed by atoms with E-state index in [1.807, 2.05) is 48.5 Å². The molecule has 0 aliphatic rings. The highest BCUT2D eigenvalue weighted by molar-refractivity contribution is 5.95. The van der Waals surface area contributed by atoms with Gasteiger partial charge in [0.2, 0.25) is 0 Å². The Morgan fingerprint density at radius 3 is 1.65 bits per heavy atom. The van der Waals surface area contributed by atoms with Crippen molar-refractivity contribution < 1.29 is 0 Å². The van der Waals surface area contributed by atoms with Crippen LogP contribution in [-0.4, -0.2) is 5.84 Å². The molecule has 0 atom stereocenters. The zero-order valence-corrected chi connectivity index (χ0v) is 13.4. The van der Waals surface area contributed by atoms with Crippen LogP contribution in [0.5, 0.6) is 0 Å². The second-order valence-corrected chi connectivity index (χ2v) is 5.20. The second-order valence-electron chi connectivity index (χ2n) is 5.20. The van der Waals surface area contributed by atoms with Crippen molar-refractivity contribution in [3.63, 3.8) is 0 Å². The van der Waals surface area contributed by atoms with E-state index in [0.717, 1.165) is 17.5 Å². The van der Waals surface area contributed by atoms with Crippen molar-refractivity contribution >= 4 is 5.84 Å². The second kappa shape index (κ2) is 8.54. The normalized spacial score (nSPS) is 9.61. The van der Waals surface area contributed by atoms with Crippen molar-refractivity contribution in [3.05, 3.63) is 96.1 Å². The number of nitrogens with two attached hydrogens (primary N) is 1. The number of nitrogen functional groups attached to an aromatic ring is 1. The van der Waals surface area contributed by atoms with Gasteiger partial charge in [-0.25, -0.2) is 0 Å². The smallest absolute Gasteiger partial charge is 0.122 e. The van der Waals surface area contributed by atoms with E-state index in [4.69, 9.17) is 11.1 Å². The van der Waals surface area contributed by atoms with Crippen LogP contribution in [0, 0.1) is 5.41 Å². The quantitative estimate of drug-likeness (QED) is 0.525. The molecule has 0 radical (unpaired) electrons. The highest BCUT2D eigenvalue weighted by atomic mass is 14.7. The van der Waals surface area contributed by atoms with Crippen LogP contribution < -0.4 is 5.73 Å². The highest BCUT2D eigenvalue weighted by Crippen LogP contribution is 2.18. The standard InChI is InChI=1S/C13H12N2.C8H10/c14-13(15)12-8-6-11(7-9-12)10-4-2-1-3-5-10;1-2-8-6-4-3-5-7-8/h1-9H,(H3,14,15);3-7H,2H2,1H3. The van der Waals surface area contributed by atoms with Crippen molar-refractivity contribution in [2.75, 3.05) is 0 Å². The van der Waals surface area contributed by atoms with E-state index >= 15 is 0 Å². The van der Waals surface area contributed by atoms with Crippen molar-refractivity contribution in [3.8, 4) is 11.1 Å². The molecule has 0 aromatic heterocycles. The molecule has 0 spiro atoms. The summed E-state index contributed by atoms with van der Waals surface area (Å²) in [5.74, 6) is 0.106. The first-order valence-corrected chi connectivity index (χ1v) is 7.74. The lowest BCUT2D eigenvalue weighted by molar-refractivity contribution is 1.14. The molecule has 3 aromatic rings. The number of benzene rings is 3. The highest BCUT2D eigenvalue weighted by Gasteiger charge is 1.98. The summed E-state index contributed by atoms with van der Waals surface area (Å²) in [7, 11) is 0. The maximum absolute atomic E-state index is 7.29. The van der Waals surface area contributed by atoms with Gasteiger partial charge in [-0.3, -0.25) is 5.41 Å². The summed E-state index contributed by atoms with van der Waals surface area (Å²) < 4.78 is 0. The molecular formula is C21H22N2. The molecule has 23 heavy (non-hydrogen) atoms. The Balaban J connectivity index is 0.000000203. The van der Waals surface area contributed by atoms with Gasteiger partial charge in [0.25, 0.3) is 0 Å². The Morgan fingerprint density at radius 2 is 1.22 bits per heavy atom. The predicted molar refractivity (Wildman–Crippen MR) is 98.7 cm³/mol. The van der Waals surface area contributed by atoms with Crippen LogP contribution in [-0.2, 0) is 6.42 Å². The number of hydrogen-bond donors (Lipinski definition) is 2. The zero-order valence-electron chi connectivity index (χ0n) is 13.4. The third-order valence-electron chi connectivity index (χ3n) is 3.55. The van der Waals surface area contributed by atoms with E-state index < -0.39 is 0 Å². The molecule has 116 valence electrons. The van der Waals surface area contributed by atoms with Gasteiger partial charge in [0.1, 0.15) is 5.84 Å². The van der Waals surface area contributed by atoms with Crippen LogP contribution in [0.25, 0.3) is 11.1 Å². The van der Waals surface area contributed by atoms with Gasteiger partial charge >= 0.3 is 0 Å². The molecule has 0 heterocycles. The van der Waals surface area contributed by atoms with E-state index in [1.54, 1.807) is 0 Å². The molecule has 3 rings (SSSR count). The van der Waals surface area contributed by atoms with E-state index in [0.29, 0.717) is 0 Å². The van der Waals surface area contributed by atoms with Gasteiger partial charge in [0.05, 0.1) is 0 Å². The third kappa shape index (κ3) is 5.11. The summed E-state index contributed by atoms with van der Waals surface area (Å²) in [6, 6.07) is 28.3. The minimum atomic E-state index is 0.106. The lowest BCUT2D eigenvalue weighted by atomic mass is 10.0. The van der Waals surface area contributed by atoms with Gasteiger partial charge in [-0.15, -0.1) is 0 Å². The first-order chi connectivity index (χ1) is 11.2. The van der Waals surface area contributed by atoms with Crippen LogP contribution in [0.2, 0.25) is 0 Å². The van der Waals surface area contributed by atoms with Gasteiger partial charge < -0.3 is 5.73 Å². The minimum absolute atomic E-state index is 0.106. The number of aryl methyl sites for hydroxylation is 1. The average Bonchev–Trinajstić information content (AvgIpc) is 2.64. The molecule has 0 saturated heterocycles. The molecule has 2 heteroatoms. The number of nitrogens with one attached hydrogen (secondary N) is 1. The molecule has 0 unspecified atom stereocenters. The SMILES string of the molecule is CCc1ccccc1.N=C(N)c1ccc(-c2ccccc2)cc1. The summed E-state index contributed by atoms with van der Waals surface area (Å²) in [4.78, 5) is 0. The van der Waals surface area contributed by atoms with E-state index in [1.165, 1.54) is 11.1 Å². The Hall–Kier alpha value is -2.87. The first kappa shape index (κ1) is 16.5. The molecule has 0 saturated carbocycles. The Morgan fingerprint density at radius 1 is 0.739 bits per heavy atom. The number of hydrogen-bond acceptors (Lipinski definition) is 1. The average molecular weight is 302 g/mol. The van der Waals surface area contributed by atoms with Crippen molar-refractivity contribution in [1.82, 2.24) is 0 Å². The molecule has 0 fully saturated rings. The van der Waals surface area contributed by atoms with Gasteiger partial charge in [0.15, 0.2) is 0 Å². The lowest BCUT2D eigenvalue weighted by Crippen LogP contribution is -2.10. The Bertz CT molecular complexity index is 717. The van der Waals surface area contributed by atoms with Gasteiger partial charge in [0, 0.05) is 5.56 Å². The fourth-order valence-corrected chi connectivity index (χ4v) is 2.19. The molecule has 3 aromatic carbocycles. The predicted octanol–water partition coefficient (Wildman–Crippen LogP) is 4.89. The first-order valence-electron chi connectivity index (χ1n) is 7.74. The van der Waals surface area contributed by atoms with E-state index in [-0.39, 0.29) is 5.84 Å². The topological polar surface area (TPSA) is 49.9 Å². The van der Waals surface area contributed by atoms with Crippen LogP contribution in [0.3, 0.4) is 0 Å². The van der Waals surface area contributed by atoms with Crippen LogP contribution in [0.4, 0.5) is 0 Å². The van der Waals surface area contributed by atoms with Crippen LogP contribution >= 0.6 is 0 Å². The molecule has 2 nitrogen and oxygen atoms in total. The molecule has 0 aliphatic carbocycles. The van der Waals surface area contributed by atoms with Crippen molar-refractivity contribution in [1.29, 1.82) is 5.41 Å². The van der Waals surface area contributed by atoms with Crippen molar-refractivity contribution in [2.24, 2.45) is 5.73 Å². The van der Waals surface area contributed by atoms with E-state index in [2.05, 4.69) is 43.3 Å². The van der Waals surface area contributed by atoms with Crippen LogP contribution in [0.15, 0.2) is 84.9 Å². The van der Waals surface area contributed by atoms with E-state index in [9.17, 15) is 0 Å². The summed E-state index contributed by atoms with van der Waals surface area (Å²) in [5, 5.41) is 7.29. The maximum Gasteiger partial charge on any atom is 0.122 e. The van der Waals surface area contributed by atoms with Gasteiger partial charge in [-0.2, -0.15) is 0 Å². The Kier molecular flexibility index (Phi) is 6.13. The fourth-order valence-electron chi connectivity index (χ4n) is 2.19. The fraction of sp³-hybridized carbons (Fsp3) is 0.0952. The largest absolute Gasteiger partial charge is 0.384 e. The Labute approximate surface area is 138 Å². The monoisotopic (exact) mass is 302 g/mol. The third-order valence-corrected chi connectivity index (χ3v) is 3.55. The number of amidine groups is 1. The molecule has 0 aliphatic heterocycles. The van der Waals surface area contributed by atoms with Crippen molar-refractivity contribution in [2.45, 2.75) is 13.3 Å². The molecule has 3 N–H and O–H groups in total. The lowest BCUT2D eigenvalue weighted by Gasteiger charge is -2.02. The molecule has 0 bridgehead atoms. The zero-order chi connectivity index (χ0) is 16.5. The van der Waals surface area contributed by atoms with Gasteiger partial charge in [-0.1, -0.05) is 91.9 Å². The molecular weight excluding hydrogens is 280 g/mol. The maximum atomic E-state index is 7.29. The molecule has 0 amide bonds. The van der Waals surface area contributed by atoms with Gasteiger partial charge in [-0.05, 0) is 23.1 Å². The summed E-state index contributed by atoms with van der Waals surface area (Å²) >= 11 is 0.